The van der Waals surface area contributed by atoms with Crippen LogP contribution in [0.3, 0.4) is 0 Å². The zero-order valence-electron chi connectivity index (χ0n) is 15.4. The van der Waals surface area contributed by atoms with E-state index in [-0.39, 0.29) is 28.3 Å². The molecule has 2 fully saturated rings. The molecule has 1 saturated carbocycles. The Labute approximate surface area is 144 Å². The number of aliphatic imine (C=N–C) groups is 1. The lowest BCUT2D eigenvalue weighted by molar-refractivity contribution is 0.00578. The van der Waals surface area contributed by atoms with Gasteiger partial charge in [-0.25, -0.2) is 4.39 Å². The third kappa shape index (κ3) is 2.13. The van der Waals surface area contributed by atoms with Crippen molar-refractivity contribution in [2.24, 2.45) is 10.4 Å². The molecule has 0 aromatic rings. The molecule has 3 nitrogen and oxygen atoms in total. The fraction of sp³-hybridized carbons (Fsp3) is 0.737. The summed E-state index contributed by atoms with van der Waals surface area (Å²) in [5.74, 6) is -0.275. The van der Waals surface area contributed by atoms with Gasteiger partial charge in [-0.15, -0.1) is 0 Å². The highest BCUT2D eigenvalue weighted by Gasteiger charge is 2.56. The first kappa shape index (κ1) is 16.5. The van der Waals surface area contributed by atoms with Gasteiger partial charge in [0.15, 0.2) is 0 Å². The predicted molar refractivity (Wildman–Crippen MR) is 94.7 cm³/mol. The highest BCUT2D eigenvalue weighted by atomic mass is 19.1. The predicted octanol–water partition coefficient (Wildman–Crippen LogP) is 4.99. The zero-order chi connectivity index (χ0) is 17.3. The second-order valence-corrected chi connectivity index (χ2v) is 8.82. The van der Waals surface area contributed by atoms with Gasteiger partial charge in [0.25, 0.3) is 0 Å². The van der Waals surface area contributed by atoms with Crippen LogP contribution in [0.4, 0.5) is 4.39 Å². The van der Waals surface area contributed by atoms with Crippen molar-refractivity contribution < 1.29 is 13.7 Å². The number of fused-ring (bicyclic) bond motifs is 1. The average molecular weight is 331 g/mol. The van der Waals surface area contributed by atoms with Gasteiger partial charge in [-0.3, -0.25) is 4.99 Å². The topological polar surface area (TPSA) is 30.8 Å². The summed E-state index contributed by atoms with van der Waals surface area (Å²) in [6.45, 7) is 10.2. The smallest absolute Gasteiger partial charge is 0.403 e. The summed E-state index contributed by atoms with van der Waals surface area (Å²) < 4.78 is 27.2. The van der Waals surface area contributed by atoms with Crippen molar-refractivity contribution in [3.63, 3.8) is 0 Å². The number of allylic oxidation sites excluding steroid dienone is 3. The maximum Gasteiger partial charge on any atom is 0.465 e. The van der Waals surface area contributed by atoms with E-state index in [2.05, 4.69) is 11.9 Å². The normalized spacial score (nSPS) is 33.1. The van der Waals surface area contributed by atoms with Crippen LogP contribution in [0.5, 0.6) is 0 Å². The molecule has 130 valence electrons. The van der Waals surface area contributed by atoms with Crippen molar-refractivity contribution >= 4 is 12.8 Å². The largest absolute Gasteiger partial charge is 0.465 e. The van der Waals surface area contributed by atoms with Gasteiger partial charge in [0.05, 0.1) is 16.9 Å². The van der Waals surface area contributed by atoms with Gasteiger partial charge >= 0.3 is 7.12 Å². The molecule has 2 aliphatic carbocycles. The number of halogens is 1. The van der Waals surface area contributed by atoms with Crippen molar-refractivity contribution in [1.82, 2.24) is 0 Å². The fourth-order valence-electron chi connectivity index (χ4n) is 4.72. The lowest BCUT2D eigenvalue weighted by Gasteiger charge is -2.32. The van der Waals surface area contributed by atoms with Crippen LogP contribution in [0.1, 0.15) is 66.7 Å². The quantitative estimate of drug-likeness (QED) is 0.634. The minimum atomic E-state index is -0.394. The van der Waals surface area contributed by atoms with Crippen LogP contribution in [0.2, 0.25) is 5.82 Å². The molecule has 4 aliphatic rings. The Morgan fingerprint density at radius 1 is 1.12 bits per heavy atom. The molecule has 2 aliphatic heterocycles. The van der Waals surface area contributed by atoms with E-state index in [0.717, 1.165) is 25.0 Å². The van der Waals surface area contributed by atoms with E-state index in [4.69, 9.17) is 9.31 Å². The first-order valence-electron chi connectivity index (χ1n) is 9.19. The van der Waals surface area contributed by atoms with Gasteiger partial charge in [0, 0.05) is 16.9 Å². The maximum absolute atomic E-state index is 14.8. The monoisotopic (exact) mass is 331 g/mol. The standard InChI is InChI=1S/C19H27BFNO2/c1-12-19(8-6-7-9-19)14-10-13(11-15(21)16(14)22-12)20-23-17(2,3)18(4,5)24-20/h11,13H,6-10H2,1-5H3. The number of hydrogen-bond donors (Lipinski definition) is 0. The summed E-state index contributed by atoms with van der Waals surface area (Å²) in [6, 6.07) is 0. The molecular formula is C19H27BFNO2. The molecule has 0 bridgehead atoms. The maximum atomic E-state index is 14.8. The SMILES string of the molecule is CC1=NC2=C(CC(B3OC(C)(C)C(C)(C)O3)C=C2F)C12CCCC2. The number of hydrogen-bond acceptors (Lipinski definition) is 3. The molecule has 24 heavy (non-hydrogen) atoms. The lowest BCUT2D eigenvalue weighted by Crippen LogP contribution is -2.41. The highest BCUT2D eigenvalue weighted by molar-refractivity contribution is 6.48. The van der Waals surface area contributed by atoms with E-state index >= 15 is 0 Å². The fourth-order valence-corrected chi connectivity index (χ4v) is 4.72. The first-order valence-corrected chi connectivity index (χ1v) is 9.19. The second kappa shape index (κ2) is 5.04. The van der Waals surface area contributed by atoms with Crippen LogP contribution in [-0.2, 0) is 9.31 Å². The number of rotatable bonds is 1. The van der Waals surface area contributed by atoms with E-state index in [9.17, 15) is 4.39 Å². The third-order valence-corrected chi connectivity index (χ3v) is 6.94. The van der Waals surface area contributed by atoms with E-state index < -0.39 is 7.12 Å². The van der Waals surface area contributed by atoms with Crippen molar-refractivity contribution in [3.8, 4) is 0 Å². The Morgan fingerprint density at radius 2 is 1.71 bits per heavy atom. The van der Waals surface area contributed by atoms with Gasteiger partial charge in [-0.05, 0) is 65.5 Å². The van der Waals surface area contributed by atoms with Crippen LogP contribution in [0.15, 0.2) is 28.2 Å². The molecule has 0 aromatic carbocycles. The molecule has 1 atom stereocenters. The molecule has 0 amide bonds. The summed E-state index contributed by atoms with van der Waals surface area (Å²) in [7, 11) is -0.394. The zero-order valence-corrected chi connectivity index (χ0v) is 15.4. The van der Waals surface area contributed by atoms with Crippen molar-refractivity contribution in [1.29, 1.82) is 0 Å². The van der Waals surface area contributed by atoms with Gasteiger partial charge in [0.2, 0.25) is 0 Å². The van der Waals surface area contributed by atoms with Gasteiger partial charge in [-0.2, -0.15) is 0 Å². The average Bonchev–Trinajstić information content (AvgIpc) is 3.12. The van der Waals surface area contributed by atoms with Crippen LogP contribution in [0, 0.1) is 5.41 Å². The molecule has 0 aromatic heterocycles. The Hall–Kier alpha value is -0.935. The molecule has 1 saturated heterocycles. The lowest BCUT2D eigenvalue weighted by atomic mass is 9.62. The molecule has 1 unspecified atom stereocenters. The molecule has 0 radical (unpaired) electrons. The van der Waals surface area contributed by atoms with E-state index in [1.807, 2.05) is 27.7 Å². The van der Waals surface area contributed by atoms with Crippen LogP contribution in [-0.4, -0.2) is 24.0 Å². The van der Waals surface area contributed by atoms with Gasteiger partial charge in [0.1, 0.15) is 5.83 Å². The summed E-state index contributed by atoms with van der Waals surface area (Å²) in [5.41, 5.74) is 2.12. The summed E-state index contributed by atoms with van der Waals surface area (Å²) in [6.07, 6.45) is 7.08. The minimum absolute atomic E-state index is 0.00280. The first-order chi connectivity index (χ1) is 11.2. The molecule has 0 N–H and O–H groups in total. The Bertz CT molecular complexity index is 655. The van der Waals surface area contributed by atoms with Crippen molar-refractivity contribution in [3.05, 3.63) is 23.2 Å². The molecular weight excluding hydrogens is 304 g/mol. The summed E-state index contributed by atoms with van der Waals surface area (Å²) in [4.78, 5) is 4.62. The minimum Gasteiger partial charge on any atom is -0.403 e. The Kier molecular flexibility index (Phi) is 3.47. The van der Waals surface area contributed by atoms with Crippen molar-refractivity contribution in [2.45, 2.75) is 83.7 Å². The Balaban J connectivity index is 1.64. The van der Waals surface area contributed by atoms with Gasteiger partial charge < -0.3 is 9.31 Å². The van der Waals surface area contributed by atoms with Crippen molar-refractivity contribution in [2.75, 3.05) is 0 Å². The summed E-state index contributed by atoms with van der Waals surface area (Å²) in [5, 5.41) is 0. The highest BCUT2D eigenvalue weighted by Crippen LogP contribution is 2.56. The Morgan fingerprint density at radius 3 is 2.29 bits per heavy atom. The molecule has 4 rings (SSSR count). The van der Waals surface area contributed by atoms with E-state index in [0.29, 0.717) is 5.70 Å². The van der Waals surface area contributed by atoms with E-state index in [1.54, 1.807) is 6.08 Å². The molecule has 1 spiro atoms. The molecule has 2 heterocycles. The van der Waals surface area contributed by atoms with Gasteiger partial charge in [-0.1, -0.05) is 12.8 Å². The molecule has 5 heteroatoms. The van der Waals surface area contributed by atoms with Crippen LogP contribution >= 0.6 is 0 Å². The van der Waals surface area contributed by atoms with Crippen LogP contribution in [0.25, 0.3) is 0 Å². The van der Waals surface area contributed by atoms with E-state index in [1.165, 1.54) is 18.4 Å². The van der Waals surface area contributed by atoms with Crippen LogP contribution < -0.4 is 0 Å². The second-order valence-electron chi connectivity index (χ2n) is 8.82. The summed E-state index contributed by atoms with van der Waals surface area (Å²) >= 11 is 0. The number of nitrogens with zero attached hydrogens (tertiary/aromatic N) is 1. The third-order valence-electron chi connectivity index (χ3n) is 6.94.